The zero-order valence-electron chi connectivity index (χ0n) is 20.0. The molecule has 1 amide bonds. The number of nitrogens with two attached hydrogens (primary N) is 1. The Bertz CT molecular complexity index is 1630. The standard InChI is InChI=1S/C24H22FN11O2/c25-17-13-28-23(35-7-6-18(26)30-35)21-20(17)16(12-27-21)22(37)24(38)34-10-8-33(9-11-34)14-19-29-31-32-36(19)15-4-2-1-3-5-15/h1-7,12-13,27H,8-11,14H2,(H2,26,30). The number of nitrogen functional groups attached to an aromatic ring is 1. The summed E-state index contributed by atoms with van der Waals surface area (Å²) in [5.74, 6) is -1.02. The molecule has 192 valence electrons. The number of tetrazole rings is 1. The van der Waals surface area contributed by atoms with Crippen LogP contribution in [0.1, 0.15) is 16.2 Å². The number of carbonyl (C=O) groups is 2. The van der Waals surface area contributed by atoms with Crippen LogP contribution in [0.2, 0.25) is 0 Å². The highest BCUT2D eigenvalue weighted by atomic mass is 19.1. The van der Waals surface area contributed by atoms with Crippen LogP contribution in [0.25, 0.3) is 22.4 Å². The quantitative estimate of drug-likeness (QED) is 0.248. The molecule has 14 heteroatoms. The molecule has 38 heavy (non-hydrogen) atoms. The number of anilines is 1. The van der Waals surface area contributed by atoms with Crippen LogP contribution in [0.4, 0.5) is 10.2 Å². The highest BCUT2D eigenvalue weighted by Crippen LogP contribution is 2.26. The minimum atomic E-state index is -0.797. The first-order valence-electron chi connectivity index (χ1n) is 11.9. The fourth-order valence-corrected chi connectivity index (χ4v) is 4.55. The second kappa shape index (κ2) is 9.48. The summed E-state index contributed by atoms with van der Waals surface area (Å²) in [6.45, 7) is 2.21. The van der Waals surface area contributed by atoms with Crippen molar-refractivity contribution in [1.82, 2.24) is 49.8 Å². The number of nitrogens with zero attached hydrogens (tertiary/aromatic N) is 9. The van der Waals surface area contributed by atoms with Crippen molar-refractivity contribution >= 4 is 28.4 Å². The summed E-state index contributed by atoms with van der Waals surface area (Å²) < 4.78 is 17.8. The number of ketones is 1. The Morgan fingerprint density at radius 1 is 1.08 bits per heavy atom. The van der Waals surface area contributed by atoms with Gasteiger partial charge in [-0.15, -0.1) is 10.2 Å². The van der Waals surface area contributed by atoms with Gasteiger partial charge in [0.05, 0.1) is 34.9 Å². The number of aromatic nitrogens is 8. The highest BCUT2D eigenvalue weighted by Gasteiger charge is 2.30. The maximum Gasteiger partial charge on any atom is 0.295 e. The summed E-state index contributed by atoms with van der Waals surface area (Å²) >= 11 is 0. The van der Waals surface area contributed by atoms with Gasteiger partial charge in [0.25, 0.3) is 11.7 Å². The molecule has 0 radical (unpaired) electrons. The van der Waals surface area contributed by atoms with E-state index in [4.69, 9.17) is 5.73 Å². The van der Waals surface area contributed by atoms with Gasteiger partial charge in [0.15, 0.2) is 17.5 Å². The van der Waals surface area contributed by atoms with Crippen molar-refractivity contribution < 1.29 is 14.0 Å². The first-order valence-corrected chi connectivity index (χ1v) is 11.9. The van der Waals surface area contributed by atoms with E-state index in [9.17, 15) is 14.0 Å². The van der Waals surface area contributed by atoms with E-state index in [0.29, 0.717) is 38.5 Å². The van der Waals surface area contributed by atoms with Crippen LogP contribution in [-0.2, 0) is 11.3 Å². The van der Waals surface area contributed by atoms with E-state index in [0.717, 1.165) is 11.9 Å². The van der Waals surface area contributed by atoms with E-state index in [1.807, 2.05) is 30.3 Å². The number of amides is 1. The number of Topliss-reactive ketones (excluding diaryl/α,β-unsaturated/α-hetero) is 1. The molecule has 0 saturated carbocycles. The van der Waals surface area contributed by atoms with E-state index in [1.54, 1.807) is 16.9 Å². The first-order chi connectivity index (χ1) is 18.5. The molecule has 1 aliphatic rings. The van der Waals surface area contributed by atoms with Gasteiger partial charge in [0.1, 0.15) is 5.82 Å². The molecule has 0 atom stereocenters. The average Bonchev–Trinajstić information content (AvgIpc) is 3.69. The van der Waals surface area contributed by atoms with Gasteiger partial charge >= 0.3 is 0 Å². The molecule has 13 nitrogen and oxygen atoms in total. The number of H-pyrrole nitrogens is 1. The molecule has 1 aliphatic heterocycles. The SMILES string of the molecule is Nc1ccn(-c2ncc(F)c3c(C(=O)C(=O)N4CCN(Cc5nnnn5-c5ccccc5)CC4)c[nH]c23)n1. The number of piperazine rings is 1. The van der Waals surface area contributed by atoms with E-state index < -0.39 is 17.5 Å². The van der Waals surface area contributed by atoms with Crippen molar-refractivity contribution in [1.29, 1.82) is 0 Å². The summed E-state index contributed by atoms with van der Waals surface area (Å²) in [6, 6.07) is 11.1. The summed E-state index contributed by atoms with van der Waals surface area (Å²) in [5.41, 5.74) is 6.72. The van der Waals surface area contributed by atoms with Gasteiger partial charge in [0, 0.05) is 44.6 Å². The van der Waals surface area contributed by atoms with Crippen LogP contribution in [-0.4, -0.2) is 87.6 Å². The zero-order valence-corrected chi connectivity index (χ0v) is 20.0. The number of benzene rings is 1. The molecule has 5 heterocycles. The predicted molar refractivity (Wildman–Crippen MR) is 133 cm³/mol. The van der Waals surface area contributed by atoms with E-state index in [-0.39, 0.29) is 28.1 Å². The molecular weight excluding hydrogens is 493 g/mol. The number of carbonyl (C=O) groups excluding carboxylic acids is 2. The van der Waals surface area contributed by atoms with Gasteiger partial charge in [-0.3, -0.25) is 14.5 Å². The number of pyridine rings is 1. The van der Waals surface area contributed by atoms with Crippen molar-refractivity contribution in [3.63, 3.8) is 0 Å². The predicted octanol–water partition coefficient (Wildman–Crippen LogP) is 0.973. The third-order valence-corrected chi connectivity index (χ3v) is 6.47. The van der Waals surface area contributed by atoms with Crippen molar-refractivity contribution in [2.24, 2.45) is 0 Å². The van der Waals surface area contributed by atoms with Crippen molar-refractivity contribution in [3.05, 3.63) is 72.2 Å². The lowest BCUT2D eigenvalue weighted by atomic mass is 10.1. The molecular formula is C24H22FN11O2. The van der Waals surface area contributed by atoms with Gasteiger partial charge in [-0.2, -0.15) is 4.68 Å². The molecule has 5 aromatic rings. The number of aromatic amines is 1. The lowest BCUT2D eigenvalue weighted by Crippen LogP contribution is -2.50. The second-order valence-electron chi connectivity index (χ2n) is 8.81. The third kappa shape index (κ3) is 4.16. The number of hydrogen-bond acceptors (Lipinski definition) is 9. The van der Waals surface area contributed by atoms with E-state index >= 15 is 0 Å². The van der Waals surface area contributed by atoms with Crippen molar-refractivity contribution in [3.8, 4) is 11.5 Å². The van der Waals surface area contributed by atoms with Crippen molar-refractivity contribution in [2.45, 2.75) is 6.54 Å². The molecule has 0 unspecified atom stereocenters. The Kier molecular flexibility index (Phi) is 5.84. The van der Waals surface area contributed by atoms with Gasteiger partial charge in [-0.05, 0) is 22.6 Å². The summed E-state index contributed by atoms with van der Waals surface area (Å²) in [6.07, 6.45) is 3.89. The number of fused-ring (bicyclic) bond motifs is 1. The maximum absolute atomic E-state index is 14.8. The van der Waals surface area contributed by atoms with Crippen LogP contribution in [0, 0.1) is 5.82 Å². The smallest absolute Gasteiger partial charge is 0.295 e. The molecule has 0 aliphatic carbocycles. The lowest BCUT2D eigenvalue weighted by Gasteiger charge is -2.33. The Labute approximate surface area is 214 Å². The van der Waals surface area contributed by atoms with Crippen LogP contribution in [0.3, 0.4) is 0 Å². The fourth-order valence-electron chi connectivity index (χ4n) is 4.55. The second-order valence-corrected chi connectivity index (χ2v) is 8.81. The molecule has 0 bridgehead atoms. The molecule has 1 fully saturated rings. The average molecular weight is 516 g/mol. The van der Waals surface area contributed by atoms with Gasteiger partial charge in [-0.1, -0.05) is 18.2 Å². The van der Waals surface area contributed by atoms with Gasteiger partial charge in [0.2, 0.25) is 0 Å². The summed E-state index contributed by atoms with van der Waals surface area (Å²) in [4.78, 5) is 36.8. The Morgan fingerprint density at radius 2 is 1.87 bits per heavy atom. The molecule has 0 spiro atoms. The number of nitrogens with one attached hydrogen (secondary N) is 1. The maximum atomic E-state index is 14.8. The van der Waals surface area contributed by atoms with Gasteiger partial charge < -0.3 is 15.6 Å². The van der Waals surface area contributed by atoms with E-state index in [2.05, 4.69) is 35.5 Å². The lowest BCUT2D eigenvalue weighted by molar-refractivity contribution is -0.128. The van der Waals surface area contributed by atoms with Crippen LogP contribution >= 0.6 is 0 Å². The minimum absolute atomic E-state index is 0.0196. The molecule has 6 rings (SSSR count). The number of rotatable bonds is 6. The Balaban J connectivity index is 1.15. The number of hydrogen-bond donors (Lipinski definition) is 2. The Morgan fingerprint density at radius 3 is 2.61 bits per heavy atom. The normalized spacial score (nSPS) is 14.3. The monoisotopic (exact) mass is 515 g/mol. The zero-order chi connectivity index (χ0) is 26.2. The highest BCUT2D eigenvalue weighted by molar-refractivity contribution is 6.45. The molecule has 3 N–H and O–H groups in total. The topological polar surface area (TPSA) is 157 Å². The number of para-hydroxylation sites is 1. The van der Waals surface area contributed by atoms with Crippen LogP contribution < -0.4 is 5.73 Å². The summed E-state index contributed by atoms with van der Waals surface area (Å²) in [5, 5.41) is 16.1. The third-order valence-electron chi connectivity index (χ3n) is 6.47. The Hall–Kier alpha value is -4.98. The van der Waals surface area contributed by atoms with E-state index in [1.165, 1.54) is 15.8 Å². The molecule has 4 aromatic heterocycles. The van der Waals surface area contributed by atoms with Crippen LogP contribution in [0.5, 0.6) is 0 Å². The van der Waals surface area contributed by atoms with Crippen molar-refractivity contribution in [2.75, 3.05) is 31.9 Å². The summed E-state index contributed by atoms with van der Waals surface area (Å²) in [7, 11) is 0. The molecule has 1 aromatic carbocycles. The minimum Gasteiger partial charge on any atom is -0.382 e. The van der Waals surface area contributed by atoms with Gasteiger partial charge in [-0.25, -0.2) is 14.1 Å². The van der Waals surface area contributed by atoms with Crippen LogP contribution in [0.15, 0.2) is 55.0 Å². The first kappa shape index (κ1) is 23.4. The fraction of sp³-hybridized carbons (Fsp3) is 0.208. The molecule has 1 saturated heterocycles. The largest absolute Gasteiger partial charge is 0.382 e. The number of halogens is 1.